The summed E-state index contributed by atoms with van der Waals surface area (Å²) in [6, 6.07) is 0.397. The van der Waals surface area contributed by atoms with Crippen LogP contribution < -0.4 is 5.32 Å². The summed E-state index contributed by atoms with van der Waals surface area (Å²) in [6.45, 7) is 9.20. The largest absolute Gasteiger partial charge is 0.379 e. The molecule has 0 bridgehead atoms. The lowest BCUT2D eigenvalue weighted by Gasteiger charge is -2.27. The van der Waals surface area contributed by atoms with E-state index in [1.807, 2.05) is 6.92 Å². The highest BCUT2D eigenvalue weighted by atomic mass is 16.5. The first-order valence-electron chi connectivity index (χ1n) is 6.57. The third kappa shape index (κ3) is 5.14. The molecule has 1 atom stereocenters. The molecule has 0 saturated heterocycles. The summed E-state index contributed by atoms with van der Waals surface area (Å²) >= 11 is 0. The first-order chi connectivity index (χ1) is 8.46. The van der Waals surface area contributed by atoms with Crippen LogP contribution in [0.15, 0.2) is 4.52 Å². The van der Waals surface area contributed by atoms with E-state index in [1.54, 1.807) is 7.11 Å². The van der Waals surface area contributed by atoms with Gasteiger partial charge in [0.1, 0.15) is 0 Å². The fourth-order valence-corrected chi connectivity index (χ4v) is 1.85. The first kappa shape index (κ1) is 15.1. The average Bonchev–Trinajstić information content (AvgIpc) is 2.76. The molecule has 0 aromatic carbocycles. The van der Waals surface area contributed by atoms with Crippen molar-refractivity contribution in [2.75, 3.05) is 13.7 Å². The number of methoxy groups -OCH3 is 1. The van der Waals surface area contributed by atoms with Gasteiger partial charge in [0, 0.05) is 32.5 Å². The number of aromatic nitrogens is 2. The minimum absolute atomic E-state index is 0.0910. The molecular formula is C13H25N3O2. The number of hydrogen-bond donors (Lipinski definition) is 1. The summed E-state index contributed by atoms with van der Waals surface area (Å²) < 4.78 is 10.5. The van der Waals surface area contributed by atoms with Crippen molar-refractivity contribution < 1.29 is 9.26 Å². The van der Waals surface area contributed by atoms with Crippen LogP contribution in [0, 0.1) is 0 Å². The standard InChI is InChI=1S/C13H25N3O2/c1-6-11-15-12(18-16-11)7-8-14-10(2)9-13(3,4)17-5/h10,14H,6-9H2,1-5H3/t10-/m0/s1. The van der Waals surface area contributed by atoms with Crippen molar-refractivity contribution in [3.63, 3.8) is 0 Å². The predicted octanol–water partition coefficient (Wildman–Crippen LogP) is 1.97. The SMILES string of the molecule is CCc1noc(CCN[C@@H](C)CC(C)(C)OC)n1. The molecule has 1 heterocycles. The Morgan fingerprint density at radius 1 is 1.44 bits per heavy atom. The molecule has 1 rings (SSSR count). The van der Waals surface area contributed by atoms with Crippen LogP contribution in [-0.2, 0) is 17.6 Å². The Morgan fingerprint density at radius 2 is 2.17 bits per heavy atom. The molecule has 1 aromatic heterocycles. The number of nitrogens with one attached hydrogen (secondary N) is 1. The van der Waals surface area contributed by atoms with E-state index in [0.717, 1.165) is 31.6 Å². The topological polar surface area (TPSA) is 60.2 Å². The van der Waals surface area contributed by atoms with Gasteiger partial charge < -0.3 is 14.6 Å². The van der Waals surface area contributed by atoms with Gasteiger partial charge in [-0.3, -0.25) is 0 Å². The number of rotatable bonds is 8. The first-order valence-corrected chi connectivity index (χ1v) is 6.57. The lowest BCUT2D eigenvalue weighted by Crippen LogP contribution is -2.36. The molecular weight excluding hydrogens is 230 g/mol. The molecule has 104 valence electrons. The fourth-order valence-electron chi connectivity index (χ4n) is 1.85. The molecule has 5 heteroatoms. The monoisotopic (exact) mass is 255 g/mol. The maximum Gasteiger partial charge on any atom is 0.227 e. The van der Waals surface area contributed by atoms with Crippen molar-refractivity contribution in [3.05, 3.63) is 11.7 Å². The van der Waals surface area contributed by atoms with Gasteiger partial charge in [0.15, 0.2) is 5.82 Å². The number of ether oxygens (including phenoxy) is 1. The van der Waals surface area contributed by atoms with Crippen molar-refractivity contribution in [1.82, 2.24) is 15.5 Å². The highest BCUT2D eigenvalue weighted by molar-refractivity contribution is 4.86. The molecule has 18 heavy (non-hydrogen) atoms. The Hall–Kier alpha value is -0.940. The fraction of sp³-hybridized carbons (Fsp3) is 0.846. The molecule has 0 aliphatic rings. The third-order valence-corrected chi connectivity index (χ3v) is 3.01. The van der Waals surface area contributed by atoms with Crippen molar-refractivity contribution in [2.24, 2.45) is 0 Å². The number of aryl methyl sites for hydroxylation is 1. The summed E-state index contributed by atoms with van der Waals surface area (Å²) in [5, 5.41) is 7.31. The second-order valence-corrected chi connectivity index (χ2v) is 5.23. The van der Waals surface area contributed by atoms with E-state index < -0.39 is 0 Å². The van der Waals surface area contributed by atoms with Gasteiger partial charge in [-0.05, 0) is 27.2 Å². The van der Waals surface area contributed by atoms with Crippen LogP contribution in [0.1, 0.15) is 45.8 Å². The van der Waals surface area contributed by atoms with Crippen LogP contribution in [0.5, 0.6) is 0 Å². The minimum Gasteiger partial charge on any atom is -0.379 e. The zero-order valence-corrected chi connectivity index (χ0v) is 12.1. The molecule has 0 fully saturated rings. The maximum atomic E-state index is 5.41. The van der Waals surface area contributed by atoms with Gasteiger partial charge in [0.2, 0.25) is 5.89 Å². The molecule has 0 amide bonds. The Balaban J connectivity index is 2.25. The molecule has 0 spiro atoms. The molecule has 0 radical (unpaired) electrons. The van der Waals surface area contributed by atoms with Crippen molar-refractivity contribution >= 4 is 0 Å². The average molecular weight is 255 g/mol. The Labute approximate surface area is 109 Å². The van der Waals surface area contributed by atoms with E-state index in [4.69, 9.17) is 9.26 Å². The lowest BCUT2D eigenvalue weighted by molar-refractivity contribution is 0.00862. The van der Waals surface area contributed by atoms with E-state index in [9.17, 15) is 0 Å². The second kappa shape index (κ2) is 6.85. The third-order valence-electron chi connectivity index (χ3n) is 3.01. The van der Waals surface area contributed by atoms with Gasteiger partial charge in [-0.1, -0.05) is 12.1 Å². The van der Waals surface area contributed by atoms with Crippen molar-refractivity contribution in [3.8, 4) is 0 Å². The molecule has 0 aliphatic carbocycles. The van der Waals surface area contributed by atoms with E-state index in [1.165, 1.54) is 0 Å². The van der Waals surface area contributed by atoms with Crippen LogP contribution in [0.25, 0.3) is 0 Å². The number of nitrogens with zero attached hydrogens (tertiary/aromatic N) is 2. The Kier molecular flexibility index (Phi) is 5.75. The van der Waals surface area contributed by atoms with E-state index >= 15 is 0 Å². The summed E-state index contributed by atoms with van der Waals surface area (Å²) in [6.07, 6.45) is 2.55. The molecule has 1 N–H and O–H groups in total. The molecule has 0 unspecified atom stereocenters. The van der Waals surface area contributed by atoms with Crippen molar-refractivity contribution in [1.29, 1.82) is 0 Å². The van der Waals surface area contributed by atoms with E-state index in [2.05, 4.69) is 36.2 Å². The van der Waals surface area contributed by atoms with Crippen molar-refractivity contribution in [2.45, 2.75) is 58.6 Å². The summed E-state index contributed by atoms with van der Waals surface area (Å²) in [7, 11) is 1.75. The summed E-state index contributed by atoms with van der Waals surface area (Å²) in [5.41, 5.74) is -0.0910. The quantitative estimate of drug-likeness (QED) is 0.769. The smallest absolute Gasteiger partial charge is 0.227 e. The zero-order chi connectivity index (χ0) is 13.6. The van der Waals surface area contributed by atoms with Crippen LogP contribution in [0.2, 0.25) is 0 Å². The predicted molar refractivity (Wildman–Crippen MR) is 70.5 cm³/mol. The highest BCUT2D eigenvalue weighted by Gasteiger charge is 2.19. The summed E-state index contributed by atoms with van der Waals surface area (Å²) in [5.74, 6) is 1.48. The molecule has 1 aromatic rings. The zero-order valence-electron chi connectivity index (χ0n) is 12.1. The van der Waals surface area contributed by atoms with E-state index in [-0.39, 0.29) is 5.60 Å². The van der Waals surface area contributed by atoms with Gasteiger partial charge >= 0.3 is 0 Å². The maximum absolute atomic E-state index is 5.41. The lowest BCUT2D eigenvalue weighted by atomic mass is 10.00. The number of hydrogen-bond acceptors (Lipinski definition) is 5. The molecule has 5 nitrogen and oxygen atoms in total. The minimum atomic E-state index is -0.0910. The van der Waals surface area contributed by atoms with Crippen LogP contribution in [0.4, 0.5) is 0 Å². The molecule has 0 saturated carbocycles. The van der Waals surface area contributed by atoms with Crippen LogP contribution in [0.3, 0.4) is 0 Å². The van der Waals surface area contributed by atoms with Gasteiger partial charge in [-0.15, -0.1) is 0 Å². The molecule has 0 aliphatic heterocycles. The van der Waals surface area contributed by atoms with Crippen LogP contribution in [-0.4, -0.2) is 35.4 Å². The van der Waals surface area contributed by atoms with E-state index in [0.29, 0.717) is 11.9 Å². The van der Waals surface area contributed by atoms with Gasteiger partial charge in [0.25, 0.3) is 0 Å². The highest BCUT2D eigenvalue weighted by Crippen LogP contribution is 2.15. The van der Waals surface area contributed by atoms with Gasteiger partial charge in [-0.2, -0.15) is 4.98 Å². The summed E-state index contributed by atoms with van der Waals surface area (Å²) in [4.78, 5) is 4.27. The van der Waals surface area contributed by atoms with Gasteiger partial charge in [-0.25, -0.2) is 0 Å². The second-order valence-electron chi connectivity index (χ2n) is 5.23. The Morgan fingerprint density at radius 3 is 2.72 bits per heavy atom. The Bertz CT molecular complexity index is 350. The normalized spacial score (nSPS) is 13.8. The van der Waals surface area contributed by atoms with Gasteiger partial charge in [0.05, 0.1) is 5.60 Å². The van der Waals surface area contributed by atoms with Crippen LogP contribution >= 0.6 is 0 Å².